The minimum atomic E-state index is -4.49. The Hall–Kier alpha value is -2.63. The second-order valence-corrected chi connectivity index (χ2v) is 4.52. The molecule has 2 nitrogen and oxygen atoms in total. The van der Waals surface area contributed by atoms with Crippen LogP contribution in [-0.4, -0.2) is 11.1 Å². The average Bonchev–Trinajstić information content (AvgIpc) is 2.44. The molecule has 0 aliphatic carbocycles. The molecule has 1 N–H and O–H groups in total. The Labute approximate surface area is 123 Å². The maximum atomic E-state index is 13.6. The van der Waals surface area contributed by atoms with Gasteiger partial charge in [0.15, 0.2) is 0 Å². The highest BCUT2D eigenvalue weighted by atomic mass is 19.4. The van der Waals surface area contributed by atoms with Crippen LogP contribution in [0.1, 0.15) is 11.1 Å². The fraction of sp³-hybridized carbons (Fsp3) is 0.0625. The summed E-state index contributed by atoms with van der Waals surface area (Å²) in [4.78, 5) is 10.5. The summed E-state index contributed by atoms with van der Waals surface area (Å²) in [7, 11) is 0. The summed E-state index contributed by atoms with van der Waals surface area (Å²) in [5, 5.41) is 8.55. The number of hydrogen-bond donors (Lipinski definition) is 1. The van der Waals surface area contributed by atoms with Crippen molar-refractivity contribution in [3.05, 3.63) is 65.5 Å². The number of alkyl halides is 3. The SMILES string of the molecule is O=C(O)/C=C/c1cc(F)cc(-c2cccc(C(F)(F)F)c2)c1. The van der Waals surface area contributed by atoms with E-state index in [1.807, 2.05) is 0 Å². The van der Waals surface area contributed by atoms with Crippen molar-refractivity contribution in [2.45, 2.75) is 6.18 Å². The zero-order chi connectivity index (χ0) is 16.3. The normalized spacial score (nSPS) is 11.8. The third-order valence-electron chi connectivity index (χ3n) is 2.86. The molecule has 0 amide bonds. The lowest BCUT2D eigenvalue weighted by molar-refractivity contribution is -0.137. The number of aliphatic carboxylic acids is 1. The van der Waals surface area contributed by atoms with Crippen LogP contribution >= 0.6 is 0 Å². The van der Waals surface area contributed by atoms with E-state index in [9.17, 15) is 22.4 Å². The maximum Gasteiger partial charge on any atom is 0.416 e. The largest absolute Gasteiger partial charge is 0.478 e. The lowest BCUT2D eigenvalue weighted by Crippen LogP contribution is -2.04. The number of halogens is 4. The summed E-state index contributed by atoms with van der Waals surface area (Å²) in [6, 6.07) is 8.10. The molecule has 0 spiro atoms. The fourth-order valence-electron chi connectivity index (χ4n) is 1.92. The van der Waals surface area contributed by atoms with Crippen LogP contribution in [-0.2, 0) is 11.0 Å². The highest BCUT2D eigenvalue weighted by Crippen LogP contribution is 2.32. The van der Waals surface area contributed by atoms with E-state index in [1.165, 1.54) is 24.3 Å². The molecule has 0 fully saturated rings. The van der Waals surface area contributed by atoms with Crippen molar-refractivity contribution >= 4 is 12.0 Å². The van der Waals surface area contributed by atoms with E-state index in [-0.39, 0.29) is 16.7 Å². The lowest BCUT2D eigenvalue weighted by atomic mass is 10.0. The van der Waals surface area contributed by atoms with E-state index < -0.39 is 23.5 Å². The Bertz CT molecular complexity index is 733. The van der Waals surface area contributed by atoms with Crippen molar-refractivity contribution in [1.29, 1.82) is 0 Å². The minimum Gasteiger partial charge on any atom is -0.478 e. The van der Waals surface area contributed by atoms with Crippen molar-refractivity contribution in [1.82, 2.24) is 0 Å². The first-order valence-electron chi connectivity index (χ1n) is 6.15. The van der Waals surface area contributed by atoms with Gasteiger partial charge in [-0.3, -0.25) is 0 Å². The van der Waals surface area contributed by atoms with Crippen LogP contribution in [0.25, 0.3) is 17.2 Å². The molecule has 114 valence electrons. The third-order valence-corrected chi connectivity index (χ3v) is 2.86. The van der Waals surface area contributed by atoms with Crippen LogP contribution in [0.2, 0.25) is 0 Å². The minimum absolute atomic E-state index is 0.194. The molecule has 2 aromatic rings. The summed E-state index contributed by atoms with van der Waals surface area (Å²) < 4.78 is 51.7. The molecule has 0 atom stereocenters. The zero-order valence-electron chi connectivity index (χ0n) is 11.1. The molecule has 0 bridgehead atoms. The van der Waals surface area contributed by atoms with Gasteiger partial charge < -0.3 is 5.11 Å². The summed E-state index contributed by atoms with van der Waals surface area (Å²) in [5.74, 6) is -1.87. The van der Waals surface area contributed by atoms with Crippen molar-refractivity contribution < 1.29 is 27.5 Å². The molecule has 0 saturated carbocycles. The topological polar surface area (TPSA) is 37.3 Å². The number of benzene rings is 2. The monoisotopic (exact) mass is 310 g/mol. The van der Waals surface area contributed by atoms with E-state index in [0.717, 1.165) is 30.3 Å². The van der Waals surface area contributed by atoms with Gasteiger partial charge in [-0.1, -0.05) is 12.1 Å². The van der Waals surface area contributed by atoms with E-state index in [0.29, 0.717) is 0 Å². The summed E-state index contributed by atoms with van der Waals surface area (Å²) in [6.07, 6.45) is -2.50. The van der Waals surface area contributed by atoms with Crippen LogP contribution < -0.4 is 0 Å². The fourth-order valence-corrected chi connectivity index (χ4v) is 1.92. The van der Waals surface area contributed by atoms with Crippen molar-refractivity contribution in [3.63, 3.8) is 0 Å². The Morgan fingerprint density at radius 3 is 2.41 bits per heavy atom. The van der Waals surface area contributed by atoms with Gasteiger partial charge in [0.1, 0.15) is 5.82 Å². The second-order valence-electron chi connectivity index (χ2n) is 4.52. The third kappa shape index (κ3) is 3.94. The van der Waals surface area contributed by atoms with E-state index in [2.05, 4.69) is 0 Å². The smallest absolute Gasteiger partial charge is 0.416 e. The molecule has 22 heavy (non-hydrogen) atoms. The summed E-state index contributed by atoms with van der Waals surface area (Å²) in [5.41, 5.74) is -0.165. The Balaban J connectivity index is 2.47. The first-order chi connectivity index (χ1) is 10.3. The molecule has 6 heteroatoms. The highest BCUT2D eigenvalue weighted by molar-refractivity contribution is 5.85. The quantitative estimate of drug-likeness (QED) is 0.664. The van der Waals surface area contributed by atoms with Gasteiger partial charge in [0.2, 0.25) is 0 Å². The van der Waals surface area contributed by atoms with E-state index in [4.69, 9.17) is 5.11 Å². The first-order valence-corrected chi connectivity index (χ1v) is 6.15. The van der Waals surface area contributed by atoms with Crippen molar-refractivity contribution in [2.24, 2.45) is 0 Å². The van der Waals surface area contributed by atoms with Crippen molar-refractivity contribution in [2.75, 3.05) is 0 Å². The van der Waals surface area contributed by atoms with Gasteiger partial charge in [-0.25, -0.2) is 9.18 Å². The number of rotatable bonds is 3. The van der Waals surface area contributed by atoms with Crippen LogP contribution in [0.5, 0.6) is 0 Å². The summed E-state index contributed by atoms with van der Waals surface area (Å²) >= 11 is 0. The summed E-state index contributed by atoms with van der Waals surface area (Å²) in [6.45, 7) is 0. The molecule has 2 rings (SSSR count). The first kappa shape index (κ1) is 15.8. The average molecular weight is 310 g/mol. The molecule has 0 heterocycles. The van der Waals surface area contributed by atoms with Crippen LogP contribution in [0.3, 0.4) is 0 Å². The molecule has 0 aliphatic heterocycles. The highest BCUT2D eigenvalue weighted by Gasteiger charge is 2.30. The molecular weight excluding hydrogens is 300 g/mol. The van der Waals surface area contributed by atoms with Crippen LogP contribution in [0.4, 0.5) is 17.6 Å². The lowest BCUT2D eigenvalue weighted by Gasteiger charge is -2.09. The van der Waals surface area contributed by atoms with Gasteiger partial charge in [-0.15, -0.1) is 0 Å². The van der Waals surface area contributed by atoms with Gasteiger partial charge >= 0.3 is 12.1 Å². The van der Waals surface area contributed by atoms with Crippen LogP contribution in [0.15, 0.2) is 48.5 Å². The van der Waals surface area contributed by atoms with Gasteiger partial charge in [0.05, 0.1) is 5.56 Å². The molecule has 0 unspecified atom stereocenters. The molecular formula is C16H10F4O2. The van der Waals surface area contributed by atoms with Gasteiger partial charge in [-0.05, 0) is 53.1 Å². The number of carboxylic acid groups (broad SMARTS) is 1. The molecule has 2 aromatic carbocycles. The molecule has 0 radical (unpaired) electrons. The van der Waals surface area contributed by atoms with Gasteiger partial charge in [0.25, 0.3) is 0 Å². The number of carbonyl (C=O) groups is 1. The Kier molecular flexibility index (Phi) is 4.30. The Morgan fingerprint density at radius 2 is 1.77 bits per heavy atom. The number of carboxylic acids is 1. The number of hydrogen-bond acceptors (Lipinski definition) is 1. The second kappa shape index (κ2) is 6.01. The van der Waals surface area contributed by atoms with E-state index in [1.54, 1.807) is 0 Å². The van der Waals surface area contributed by atoms with Gasteiger partial charge in [-0.2, -0.15) is 13.2 Å². The van der Waals surface area contributed by atoms with Crippen molar-refractivity contribution in [3.8, 4) is 11.1 Å². The Morgan fingerprint density at radius 1 is 1.05 bits per heavy atom. The predicted molar refractivity (Wildman–Crippen MR) is 73.5 cm³/mol. The molecule has 0 saturated heterocycles. The zero-order valence-corrected chi connectivity index (χ0v) is 11.1. The predicted octanol–water partition coefficient (Wildman–Crippen LogP) is 4.61. The van der Waals surface area contributed by atoms with Gasteiger partial charge in [0, 0.05) is 6.08 Å². The standard InChI is InChI=1S/C16H10F4O2/c17-14-7-10(4-5-15(21)22)6-12(9-14)11-2-1-3-13(8-11)16(18,19)20/h1-9H,(H,21,22)/b5-4+. The maximum absolute atomic E-state index is 13.6. The molecule has 0 aromatic heterocycles. The van der Waals surface area contributed by atoms with Crippen LogP contribution in [0, 0.1) is 5.82 Å². The molecule has 0 aliphatic rings. The van der Waals surface area contributed by atoms with E-state index >= 15 is 0 Å².